The Labute approximate surface area is 120 Å². The third kappa shape index (κ3) is 2.49. The molecule has 0 N–H and O–H groups in total. The number of rotatable bonds is 1. The molecule has 0 spiro atoms. The van der Waals surface area contributed by atoms with Crippen molar-refractivity contribution in [3.63, 3.8) is 0 Å². The molecule has 5 heteroatoms. The van der Waals surface area contributed by atoms with Crippen molar-refractivity contribution >= 4 is 33.2 Å². The highest BCUT2D eigenvalue weighted by Crippen LogP contribution is 2.25. The van der Waals surface area contributed by atoms with Crippen molar-refractivity contribution in [1.29, 1.82) is 0 Å². The Hall–Kier alpha value is -0.390. The molecule has 3 nitrogen and oxygen atoms in total. The maximum absolute atomic E-state index is 12.4. The smallest absolute Gasteiger partial charge is 0.264 e. The number of hydrogen-bond donors (Lipinski definition) is 0. The van der Waals surface area contributed by atoms with Gasteiger partial charge in [0.05, 0.1) is 4.88 Å². The van der Waals surface area contributed by atoms with Crippen molar-refractivity contribution in [2.24, 2.45) is 0 Å². The van der Waals surface area contributed by atoms with E-state index >= 15 is 0 Å². The molecule has 2 saturated heterocycles. The van der Waals surface area contributed by atoms with Crippen LogP contribution in [0.3, 0.4) is 0 Å². The molecule has 3 rings (SSSR count). The molecule has 2 aliphatic rings. The molecule has 0 saturated carbocycles. The van der Waals surface area contributed by atoms with E-state index in [0.717, 1.165) is 29.0 Å². The van der Waals surface area contributed by atoms with Crippen LogP contribution in [0.2, 0.25) is 0 Å². The summed E-state index contributed by atoms with van der Waals surface area (Å²) in [5.74, 6) is 0.205. The minimum atomic E-state index is 0.205. The fourth-order valence-corrected chi connectivity index (χ4v) is 4.31. The Bertz CT molecular complexity index is 448. The standard InChI is InChI=1S/C13H17BrN2OS/c14-10-7-12(18-9-10)13(17)16-6-5-15-4-2-1-3-11(15)8-16/h7,9,11H,1-6,8H2/t11-/m1/s1. The summed E-state index contributed by atoms with van der Waals surface area (Å²) in [5.41, 5.74) is 0. The maximum atomic E-state index is 12.4. The summed E-state index contributed by atoms with van der Waals surface area (Å²) in [6.45, 7) is 4.05. The fraction of sp³-hybridized carbons (Fsp3) is 0.615. The van der Waals surface area contributed by atoms with Gasteiger partial charge in [0.1, 0.15) is 0 Å². The minimum Gasteiger partial charge on any atom is -0.335 e. The predicted molar refractivity (Wildman–Crippen MR) is 77.1 cm³/mol. The molecule has 2 aliphatic heterocycles. The van der Waals surface area contributed by atoms with Gasteiger partial charge >= 0.3 is 0 Å². The van der Waals surface area contributed by atoms with E-state index in [0.29, 0.717) is 6.04 Å². The molecule has 1 aromatic rings. The molecular formula is C13H17BrN2OS. The van der Waals surface area contributed by atoms with Crippen molar-refractivity contribution < 1.29 is 4.79 Å². The Morgan fingerprint density at radius 3 is 3.00 bits per heavy atom. The molecule has 2 fully saturated rings. The number of amides is 1. The van der Waals surface area contributed by atoms with Crippen molar-refractivity contribution in [3.05, 3.63) is 20.8 Å². The first kappa shape index (κ1) is 12.6. The largest absolute Gasteiger partial charge is 0.335 e. The third-order valence-corrected chi connectivity index (χ3v) is 5.58. The van der Waals surface area contributed by atoms with Crippen LogP contribution < -0.4 is 0 Å². The molecule has 0 unspecified atom stereocenters. The van der Waals surface area contributed by atoms with Crippen LogP contribution in [-0.4, -0.2) is 47.9 Å². The summed E-state index contributed by atoms with van der Waals surface area (Å²) in [4.78, 5) is 17.8. The number of nitrogens with zero attached hydrogens (tertiary/aromatic N) is 2. The highest BCUT2D eigenvalue weighted by atomic mass is 79.9. The zero-order valence-electron chi connectivity index (χ0n) is 10.3. The van der Waals surface area contributed by atoms with E-state index in [-0.39, 0.29) is 5.91 Å². The van der Waals surface area contributed by atoms with Crippen molar-refractivity contribution in [2.75, 3.05) is 26.2 Å². The lowest BCUT2D eigenvalue weighted by atomic mass is 9.99. The van der Waals surface area contributed by atoms with Gasteiger partial charge in [-0.1, -0.05) is 6.42 Å². The summed E-state index contributed by atoms with van der Waals surface area (Å²) < 4.78 is 1.01. The first-order valence-electron chi connectivity index (χ1n) is 6.51. The number of piperazine rings is 1. The number of thiophene rings is 1. The topological polar surface area (TPSA) is 23.6 Å². The van der Waals surface area contributed by atoms with Crippen LogP contribution in [0.1, 0.15) is 28.9 Å². The Morgan fingerprint density at radius 1 is 1.33 bits per heavy atom. The van der Waals surface area contributed by atoms with Crippen LogP contribution in [0.15, 0.2) is 15.9 Å². The second-order valence-electron chi connectivity index (χ2n) is 5.07. The molecule has 0 radical (unpaired) electrons. The van der Waals surface area contributed by atoms with Gasteiger partial charge in [0.15, 0.2) is 0 Å². The van der Waals surface area contributed by atoms with Crippen LogP contribution in [0.4, 0.5) is 0 Å². The molecule has 98 valence electrons. The second-order valence-corrected chi connectivity index (χ2v) is 6.89. The van der Waals surface area contributed by atoms with Gasteiger partial charge in [-0.3, -0.25) is 9.69 Å². The molecular weight excluding hydrogens is 312 g/mol. The highest BCUT2D eigenvalue weighted by Gasteiger charge is 2.31. The lowest BCUT2D eigenvalue weighted by molar-refractivity contribution is 0.0376. The molecule has 3 heterocycles. The zero-order valence-corrected chi connectivity index (χ0v) is 12.7. The molecule has 0 bridgehead atoms. The van der Waals surface area contributed by atoms with Gasteiger partial charge in [-0.15, -0.1) is 11.3 Å². The van der Waals surface area contributed by atoms with Gasteiger partial charge in [-0.25, -0.2) is 0 Å². The molecule has 0 aromatic carbocycles. The average molecular weight is 329 g/mol. The van der Waals surface area contributed by atoms with Crippen LogP contribution in [-0.2, 0) is 0 Å². The van der Waals surface area contributed by atoms with Crippen LogP contribution in [0.5, 0.6) is 0 Å². The normalized spacial score (nSPS) is 24.9. The number of fused-ring (bicyclic) bond motifs is 1. The van der Waals surface area contributed by atoms with E-state index in [9.17, 15) is 4.79 Å². The van der Waals surface area contributed by atoms with Gasteiger partial charge < -0.3 is 4.90 Å². The Morgan fingerprint density at radius 2 is 2.22 bits per heavy atom. The second kappa shape index (κ2) is 5.31. The van der Waals surface area contributed by atoms with E-state index < -0.39 is 0 Å². The maximum Gasteiger partial charge on any atom is 0.264 e. The first-order valence-corrected chi connectivity index (χ1v) is 8.18. The van der Waals surface area contributed by atoms with Gasteiger partial charge in [0.25, 0.3) is 5.91 Å². The molecule has 1 aromatic heterocycles. The monoisotopic (exact) mass is 328 g/mol. The summed E-state index contributed by atoms with van der Waals surface area (Å²) in [6, 6.07) is 2.53. The minimum absolute atomic E-state index is 0.205. The summed E-state index contributed by atoms with van der Waals surface area (Å²) >= 11 is 4.94. The molecule has 1 atom stereocenters. The Kier molecular flexibility index (Phi) is 3.73. The third-order valence-electron chi connectivity index (χ3n) is 3.90. The molecule has 1 amide bonds. The highest BCUT2D eigenvalue weighted by molar-refractivity contribution is 9.10. The predicted octanol–water partition coefficient (Wildman–Crippen LogP) is 2.82. The molecule has 0 aliphatic carbocycles. The Balaban J connectivity index is 1.68. The SMILES string of the molecule is O=C(c1cc(Br)cs1)N1CCN2CCCC[C@@H]2C1. The van der Waals surface area contributed by atoms with Crippen LogP contribution in [0, 0.1) is 0 Å². The number of carbonyl (C=O) groups excluding carboxylic acids is 1. The van der Waals surface area contributed by atoms with Crippen molar-refractivity contribution in [2.45, 2.75) is 25.3 Å². The van der Waals surface area contributed by atoms with Crippen molar-refractivity contribution in [1.82, 2.24) is 9.80 Å². The van der Waals surface area contributed by atoms with Gasteiger partial charge in [0, 0.05) is 35.5 Å². The number of halogens is 1. The van der Waals surface area contributed by atoms with E-state index in [2.05, 4.69) is 20.8 Å². The first-order chi connectivity index (χ1) is 8.74. The average Bonchev–Trinajstić information content (AvgIpc) is 2.84. The van der Waals surface area contributed by atoms with E-state index in [1.807, 2.05) is 16.3 Å². The summed E-state index contributed by atoms with van der Waals surface area (Å²) in [7, 11) is 0. The number of hydrogen-bond acceptors (Lipinski definition) is 3. The fourth-order valence-electron chi connectivity index (χ4n) is 2.92. The zero-order chi connectivity index (χ0) is 12.5. The van der Waals surface area contributed by atoms with Crippen molar-refractivity contribution in [3.8, 4) is 0 Å². The lowest BCUT2D eigenvalue weighted by Crippen LogP contribution is -2.56. The summed E-state index contributed by atoms with van der Waals surface area (Å²) in [5, 5.41) is 1.98. The van der Waals surface area contributed by atoms with Gasteiger partial charge in [-0.05, 0) is 41.4 Å². The van der Waals surface area contributed by atoms with E-state index in [4.69, 9.17) is 0 Å². The van der Waals surface area contributed by atoms with Gasteiger partial charge in [-0.2, -0.15) is 0 Å². The lowest BCUT2D eigenvalue weighted by Gasteiger charge is -2.43. The number of piperidine rings is 1. The van der Waals surface area contributed by atoms with Crippen LogP contribution in [0.25, 0.3) is 0 Å². The molecule has 18 heavy (non-hydrogen) atoms. The van der Waals surface area contributed by atoms with E-state index in [1.165, 1.54) is 37.1 Å². The van der Waals surface area contributed by atoms with Crippen LogP contribution >= 0.6 is 27.3 Å². The van der Waals surface area contributed by atoms with E-state index in [1.54, 1.807) is 0 Å². The summed E-state index contributed by atoms with van der Waals surface area (Å²) in [6.07, 6.45) is 3.88. The number of carbonyl (C=O) groups is 1. The van der Waals surface area contributed by atoms with Gasteiger partial charge in [0.2, 0.25) is 0 Å². The quantitative estimate of drug-likeness (QED) is 0.791.